The number of unbranched alkanes of at least 4 members (excludes halogenated alkanes) is 19. The summed E-state index contributed by atoms with van der Waals surface area (Å²) >= 11 is 0. The summed E-state index contributed by atoms with van der Waals surface area (Å²) in [7, 11) is 0. The van der Waals surface area contributed by atoms with E-state index in [1.807, 2.05) is 0 Å². The van der Waals surface area contributed by atoms with Crippen molar-refractivity contribution in [2.24, 2.45) is 0 Å². The van der Waals surface area contributed by atoms with Crippen LogP contribution in [-0.4, -0.2) is 89.2 Å². The third kappa shape index (κ3) is 39.0. The molecule has 6 unspecified atom stereocenters. The van der Waals surface area contributed by atoms with Gasteiger partial charge in [-0.05, 0) is 109 Å². The fraction of sp³-hybridized carbons (Fsp3) is 0.705. The Bertz CT molecular complexity index is 1590. The van der Waals surface area contributed by atoms with E-state index in [2.05, 4.69) is 106 Å². The molecule has 73 heavy (non-hydrogen) atoms. The number of aliphatic hydroxyl groups excluding tert-OH is 2. The van der Waals surface area contributed by atoms with Crippen molar-refractivity contribution in [3.05, 3.63) is 85.1 Å². The summed E-state index contributed by atoms with van der Waals surface area (Å²) in [5, 5.41) is 31.4. The number of aliphatic carboxylic acids is 1. The molecule has 0 bridgehead atoms. The first-order valence-corrected chi connectivity index (χ1v) is 28.6. The monoisotopic (exact) mass is 1020 g/mol. The van der Waals surface area contributed by atoms with Crippen LogP contribution in [0.3, 0.4) is 0 Å². The minimum absolute atomic E-state index is 0.0423. The minimum atomic E-state index is -1.91. The molecule has 0 spiro atoms. The second-order valence-corrected chi connectivity index (χ2v) is 19.2. The minimum Gasteiger partial charge on any atom is -0.479 e. The van der Waals surface area contributed by atoms with Crippen molar-refractivity contribution < 1.29 is 58.2 Å². The van der Waals surface area contributed by atoms with Gasteiger partial charge in [0.25, 0.3) is 0 Å². The van der Waals surface area contributed by atoms with E-state index >= 15 is 0 Å². The van der Waals surface area contributed by atoms with Crippen LogP contribution in [-0.2, 0) is 42.9 Å². The molecule has 12 heteroatoms. The lowest BCUT2D eigenvalue weighted by Gasteiger charge is -2.40. The van der Waals surface area contributed by atoms with Crippen LogP contribution in [0, 0.1) is 0 Å². The normalized spacial score (nSPS) is 18.9. The summed E-state index contributed by atoms with van der Waals surface area (Å²) < 4.78 is 28.3. The number of esters is 3. The van der Waals surface area contributed by atoms with Crippen LogP contribution in [0.25, 0.3) is 0 Å². The van der Waals surface area contributed by atoms with Crippen molar-refractivity contribution in [2.75, 3.05) is 13.2 Å². The summed E-state index contributed by atoms with van der Waals surface area (Å²) in [6.07, 6.45) is 49.8. The molecular formula is C61H100O12. The van der Waals surface area contributed by atoms with Crippen LogP contribution in [0.1, 0.15) is 226 Å². The van der Waals surface area contributed by atoms with E-state index in [-0.39, 0.29) is 25.9 Å². The first kappa shape index (κ1) is 66.9. The molecular weight excluding hydrogens is 925 g/mol. The van der Waals surface area contributed by atoms with Crippen LogP contribution >= 0.6 is 0 Å². The van der Waals surface area contributed by atoms with Crippen molar-refractivity contribution in [3.8, 4) is 0 Å². The van der Waals surface area contributed by atoms with E-state index in [4.69, 9.17) is 23.7 Å². The number of hydrogen-bond acceptors (Lipinski definition) is 11. The van der Waals surface area contributed by atoms with E-state index < -0.39 is 67.3 Å². The Morgan fingerprint density at radius 3 is 1.34 bits per heavy atom. The molecule has 1 heterocycles. The van der Waals surface area contributed by atoms with Crippen molar-refractivity contribution >= 4 is 23.9 Å². The van der Waals surface area contributed by atoms with Crippen LogP contribution in [0.5, 0.6) is 0 Å². The highest BCUT2D eigenvalue weighted by atomic mass is 16.7. The molecule has 0 aromatic carbocycles. The maximum atomic E-state index is 13.1. The molecule has 6 atom stereocenters. The largest absolute Gasteiger partial charge is 0.479 e. The lowest BCUT2D eigenvalue weighted by Crippen LogP contribution is -2.61. The highest BCUT2D eigenvalue weighted by molar-refractivity contribution is 5.74. The average Bonchev–Trinajstić information content (AvgIpc) is 3.37. The average molecular weight is 1030 g/mol. The van der Waals surface area contributed by atoms with Crippen molar-refractivity contribution in [2.45, 2.75) is 263 Å². The Hall–Kier alpha value is -4.10. The molecule has 416 valence electrons. The maximum Gasteiger partial charge on any atom is 0.335 e. The number of ether oxygens (including phenoxy) is 5. The number of carboxylic acids is 1. The Morgan fingerprint density at radius 1 is 0.466 bits per heavy atom. The Morgan fingerprint density at radius 2 is 0.863 bits per heavy atom. The lowest BCUT2D eigenvalue weighted by molar-refractivity contribution is -0.301. The summed E-state index contributed by atoms with van der Waals surface area (Å²) in [6, 6.07) is 0. The van der Waals surface area contributed by atoms with Gasteiger partial charge >= 0.3 is 23.9 Å². The van der Waals surface area contributed by atoms with E-state index in [1.54, 1.807) is 0 Å². The van der Waals surface area contributed by atoms with Crippen molar-refractivity contribution in [1.29, 1.82) is 0 Å². The third-order valence-electron chi connectivity index (χ3n) is 12.4. The van der Waals surface area contributed by atoms with Gasteiger partial charge in [-0.25, -0.2) is 4.79 Å². The highest BCUT2D eigenvalue weighted by Crippen LogP contribution is 2.26. The lowest BCUT2D eigenvalue weighted by atomic mass is 9.98. The molecule has 3 N–H and O–H groups in total. The summed E-state index contributed by atoms with van der Waals surface area (Å²) in [6.45, 7) is 5.70. The van der Waals surface area contributed by atoms with Gasteiger partial charge in [0, 0.05) is 19.3 Å². The Kier molecular flexibility index (Phi) is 44.7. The molecule has 0 amide bonds. The molecule has 1 aliphatic heterocycles. The van der Waals surface area contributed by atoms with E-state index in [0.717, 1.165) is 141 Å². The predicted molar refractivity (Wildman–Crippen MR) is 294 cm³/mol. The number of carboxylic acid groups (broad SMARTS) is 1. The number of hydrogen-bond donors (Lipinski definition) is 3. The van der Waals surface area contributed by atoms with E-state index in [9.17, 15) is 34.5 Å². The highest BCUT2D eigenvalue weighted by Gasteiger charge is 2.50. The molecule has 1 aliphatic rings. The van der Waals surface area contributed by atoms with E-state index in [1.165, 1.54) is 25.7 Å². The van der Waals surface area contributed by atoms with E-state index in [0.29, 0.717) is 19.3 Å². The number of carbonyl (C=O) groups excluding carboxylic acids is 3. The van der Waals surface area contributed by atoms with Crippen molar-refractivity contribution in [3.63, 3.8) is 0 Å². The summed E-state index contributed by atoms with van der Waals surface area (Å²) in [5.41, 5.74) is 0. The third-order valence-corrected chi connectivity index (χ3v) is 12.4. The number of rotatable bonds is 47. The molecule has 1 rings (SSSR count). The molecule has 12 nitrogen and oxygen atoms in total. The number of aliphatic hydroxyl groups is 2. The van der Waals surface area contributed by atoms with Gasteiger partial charge in [-0.3, -0.25) is 14.4 Å². The molecule has 0 aromatic rings. The second kappa shape index (κ2) is 48.8. The van der Waals surface area contributed by atoms with Gasteiger partial charge in [-0.1, -0.05) is 183 Å². The fourth-order valence-corrected chi connectivity index (χ4v) is 8.10. The quantitative estimate of drug-likeness (QED) is 0.0228. The topological polar surface area (TPSA) is 175 Å². The molecule has 1 fully saturated rings. The fourth-order valence-electron chi connectivity index (χ4n) is 8.10. The predicted octanol–water partition coefficient (Wildman–Crippen LogP) is 14.3. The maximum absolute atomic E-state index is 13.1. The summed E-state index contributed by atoms with van der Waals surface area (Å²) in [4.78, 5) is 51.0. The zero-order valence-corrected chi connectivity index (χ0v) is 45.6. The van der Waals surface area contributed by atoms with Crippen LogP contribution in [0.2, 0.25) is 0 Å². The Balaban J connectivity index is 2.72. The van der Waals surface area contributed by atoms with Crippen LogP contribution in [0.15, 0.2) is 85.1 Å². The van der Waals surface area contributed by atoms with Crippen LogP contribution < -0.4 is 0 Å². The van der Waals surface area contributed by atoms with Gasteiger partial charge in [0.1, 0.15) is 18.8 Å². The van der Waals surface area contributed by atoms with Gasteiger partial charge in [-0.2, -0.15) is 0 Å². The van der Waals surface area contributed by atoms with Gasteiger partial charge in [0.15, 0.2) is 24.6 Å². The zero-order valence-electron chi connectivity index (χ0n) is 45.6. The molecule has 0 saturated carbocycles. The standard InChI is InChI=1S/C61H100O12/c1-4-7-10-13-16-19-22-25-26-27-28-31-34-37-40-43-46-49-55(64)72-59-57(66)56(65)58(60(67)68)73-61(59)70-51-52(71-54(63)48-45-42-39-36-33-30-24-21-18-15-12-9-6-3)50-69-53(62)47-44-41-38-35-32-29-23-20-17-14-11-8-5-2/h7-8,10-11,16-17,19-21,24-26,29,32,52,56-59,61,65-66H,4-6,9,12-15,18,22-23,27-28,30-31,33-51H2,1-3H3,(H,67,68)/b10-7-,11-8-,19-16-,20-17-,24-21-,26-25-,32-29-. The van der Waals surface area contributed by atoms with Crippen LogP contribution in [0.4, 0.5) is 0 Å². The first-order valence-electron chi connectivity index (χ1n) is 28.6. The second-order valence-electron chi connectivity index (χ2n) is 19.2. The Labute approximate surface area is 441 Å². The van der Waals surface area contributed by atoms with Gasteiger partial charge in [-0.15, -0.1) is 0 Å². The molecule has 1 saturated heterocycles. The van der Waals surface area contributed by atoms with Gasteiger partial charge in [0.05, 0.1) is 6.61 Å². The smallest absolute Gasteiger partial charge is 0.335 e. The number of carbonyl (C=O) groups is 4. The molecule has 0 aliphatic carbocycles. The summed E-state index contributed by atoms with van der Waals surface area (Å²) in [5.74, 6) is -3.19. The first-order chi connectivity index (χ1) is 35.6. The van der Waals surface area contributed by atoms with Crippen molar-refractivity contribution in [1.82, 2.24) is 0 Å². The SMILES string of the molecule is CC/C=C\C/C=C\C/C=C\CCCCCCCCCC(=O)OC1C(OCC(COC(=O)CCCCC/C=C\C/C=C\C/C=C\CC)OC(=O)CCCCCCC/C=C\CCCCCC)OC(C(=O)O)C(O)C1O. The zero-order chi connectivity index (χ0) is 53.3. The molecule has 0 radical (unpaired) electrons. The van der Waals surface area contributed by atoms with Gasteiger partial charge < -0.3 is 39.0 Å². The van der Waals surface area contributed by atoms with Gasteiger partial charge in [0.2, 0.25) is 0 Å². The molecule has 0 aromatic heterocycles. The number of allylic oxidation sites excluding steroid dienone is 14.